The summed E-state index contributed by atoms with van der Waals surface area (Å²) in [6, 6.07) is 4.31. The molecule has 1 aliphatic heterocycles. The molecule has 3 rings (SSSR count). The van der Waals surface area contributed by atoms with E-state index in [1.807, 2.05) is 0 Å². The summed E-state index contributed by atoms with van der Waals surface area (Å²) in [6.07, 6.45) is 4.99. The zero-order chi connectivity index (χ0) is 19.6. The van der Waals surface area contributed by atoms with Crippen LogP contribution >= 0.6 is 11.6 Å². The van der Waals surface area contributed by atoms with Crippen molar-refractivity contribution in [3.8, 4) is 0 Å². The van der Waals surface area contributed by atoms with E-state index in [4.69, 9.17) is 11.6 Å². The normalized spacial score (nSPS) is 17.7. The molecular formula is C18H19ClFN3O3S. The number of carbonyl (C=O) groups is 1. The average molecular weight is 412 g/mol. The lowest BCUT2D eigenvalue weighted by atomic mass is 9.94. The van der Waals surface area contributed by atoms with Crippen LogP contribution < -0.4 is 0 Å². The van der Waals surface area contributed by atoms with Gasteiger partial charge in [-0.2, -0.15) is 0 Å². The summed E-state index contributed by atoms with van der Waals surface area (Å²) < 4.78 is 38.0. The van der Waals surface area contributed by atoms with Gasteiger partial charge in [-0.15, -0.1) is 0 Å². The molecule has 1 aromatic carbocycles. The summed E-state index contributed by atoms with van der Waals surface area (Å²) in [4.78, 5) is 22.4. The molecule has 1 saturated heterocycles. The quantitative estimate of drug-likeness (QED) is 0.772. The Bertz CT molecular complexity index is 948. The van der Waals surface area contributed by atoms with Crippen LogP contribution in [0.1, 0.15) is 30.0 Å². The first-order valence-corrected chi connectivity index (χ1v) is 10.7. The van der Waals surface area contributed by atoms with Crippen LogP contribution in [-0.2, 0) is 21.1 Å². The second-order valence-electron chi connectivity index (χ2n) is 6.60. The molecule has 1 fully saturated rings. The van der Waals surface area contributed by atoms with E-state index in [1.165, 1.54) is 24.7 Å². The van der Waals surface area contributed by atoms with Crippen molar-refractivity contribution in [1.29, 1.82) is 0 Å². The van der Waals surface area contributed by atoms with Crippen molar-refractivity contribution >= 4 is 27.3 Å². The van der Waals surface area contributed by atoms with Gasteiger partial charge in [0.15, 0.2) is 9.84 Å². The molecule has 2 heterocycles. The number of carbonyl (C=O) groups excluding carboxylic acids is 1. The summed E-state index contributed by atoms with van der Waals surface area (Å²) in [7, 11) is -3.48. The number of halogens is 2. The highest BCUT2D eigenvalue weighted by Gasteiger charge is 2.30. The molecule has 9 heteroatoms. The van der Waals surface area contributed by atoms with Gasteiger partial charge in [0, 0.05) is 42.0 Å². The minimum Gasteiger partial charge on any atom is -0.342 e. The maximum absolute atomic E-state index is 14.0. The van der Waals surface area contributed by atoms with Gasteiger partial charge in [0.1, 0.15) is 17.0 Å². The number of hydrogen-bond donors (Lipinski definition) is 0. The van der Waals surface area contributed by atoms with Crippen molar-refractivity contribution in [3.05, 3.63) is 52.8 Å². The zero-order valence-electron chi connectivity index (χ0n) is 14.7. The predicted octanol–water partition coefficient (Wildman–Crippen LogP) is 2.62. The molecule has 6 nitrogen and oxygen atoms in total. The minimum absolute atomic E-state index is 0.0847. The van der Waals surface area contributed by atoms with E-state index in [1.54, 1.807) is 11.0 Å². The Labute approximate surface area is 162 Å². The fourth-order valence-corrected chi connectivity index (χ4v) is 4.39. The summed E-state index contributed by atoms with van der Waals surface area (Å²) in [5.74, 6) is -0.979. The average Bonchev–Trinajstić information content (AvgIpc) is 2.64. The molecule has 0 aliphatic carbocycles. The van der Waals surface area contributed by atoms with Crippen LogP contribution in [0.4, 0.5) is 4.39 Å². The standard InChI is InChI=1S/C18H19ClFN3O3S/c1-27(25,26)16-9-21-11-22-18(16)12-4-3-7-23(10-12)17(24)8-13-14(19)5-2-6-15(13)20/h2,5-6,9,11-12H,3-4,7-8,10H2,1H3. The number of amides is 1. The van der Waals surface area contributed by atoms with Crippen molar-refractivity contribution in [3.63, 3.8) is 0 Å². The monoisotopic (exact) mass is 411 g/mol. The number of piperidine rings is 1. The number of nitrogens with zero attached hydrogens (tertiary/aromatic N) is 3. The van der Waals surface area contributed by atoms with Gasteiger partial charge >= 0.3 is 0 Å². The van der Waals surface area contributed by atoms with Gasteiger partial charge in [0.2, 0.25) is 5.91 Å². The molecule has 2 aromatic rings. The van der Waals surface area contributed by atoms with E-state index in [-0.39, 0.29) is 33.7 Å². The van der Waals surface area contributed by atoms with Crippen molar-refractivity contribution in [2.45, 2.75) is 30.1 Å². The fourth-order valence-electron chi connectivity index (χ4n) is 3.31. The summed E-state index contributed by atoms with van der Waals surface area (Å²) in [6.45, 7) is 0.852. The third kappa shape index (κ3) is 4.44. The molecule has 0 spiro atoms. The molecule has 1 aliphatic rings. The van der Waals surface area contributed by atoms with E-state index < -0.39 is 15.7 Å². The lowest BCUT2D eigenvalue weighted by Gasteiger charge is -2.33. The van der Waals surface area contributed by atoms with E-state index in [0.717, 1.165) is 6.26 Å². The predicted molar refractivity (Wildman–Crippen MR) is 98.8 cm³/mol. The van der Waals surface area contributed by atoms with Gasteiger partial charge in [-0.05, 0) is 25.0 Å². The molecule has 144 valence electrons. The van der Waals surface area contributed by atoms with Gasteiger partial charge in [-0.3, -0.25) is 4.79 Å². The van der Waals surface area contributed by atoms with Gasteiger partial charge in [-0.25, -0.2) is 22.8 Å². The van der Waals surface area contributed by atoms with Crippen molar-refractivity contribution in [2.24, 2.45) is 0 Å². The molecule has 1 unspecified atom stereocenters. The molecule has 1 atom stereocenters. The van der Waals surface area contributed by atoms with Crippen molar-refractivity contribution in [1.82, 2.24) is 14.9 Å². The number of aromatic nitrogens is 2. The second-order valence-corrected chi connectivity index (χ2v) is 8.99. The number of sulfone groups is 1. The Kier molecular flexibility index (Phi) is 5.76. The Morgan fingerprint density at radius 2 is 2.19 bits per heavy atom. The van der Waals surface area contributed by atoms with Crippen LogP contribution in [0, 0.1) is 5.82 Å². The van der Waals surface area contributed by atoms with E-state index in [9.17, 15) is 17.6 Å². The van der Waals surface area contributed by atoms with Gasteiger partial charge in [0.25, 0.3) is 0 Å². The molecular weight excluding hydrogens is 393 g/mol. The first-order valence-electron chi connectivity index (χ1n) is 8.48. The topological polar surface area (TPSA) is 80.2 Å². The number of rotatable bonds is 4. The highest BCUT2D eigenvalue weighted by Crippen LogP contribution is 2.30. The molecule has 0 radical (unpaired) electrons. The molecule has 1 amide bonds. The van der Waals surface area contributed by atoms with Crippen LogP contribution in [0.15, 0.2) is 35.6 Å². The lowest BCUT2D eigenvalue weighted by molar-refractivity contribution is -0.131. The fraction of sp³-hybridized carbons (Fsp3) is 0.389. The third-order valence-electron chi connectivity index (χ3n) is 4.66. The van der Waals surface area contributed by atoms with E-state index >= 15 is 0 Å². The molecule has 0 saturated carbocycles. The Morgan fingerprint density at radius 1 is 1.41 bits per heavy atom. The minimum atomic E-state index is -3.48. The SMILES string of the molecule is CS(=O)(=O)c1cncnc1C1CCCN(C(=O)Cc2c(F)cccc2Cl)C1. The highest BCUT2D eigenvalue weighted by molar-refractivity contribution is 7.90. The molecule has 27 heavy (non-hydrogen) atoms. The van der Waals surface area contributed by atoms with Gasteiger partial charge in [-0.1, -0.05) is 17.7 Å². The zero-order valence-corrected chi connectivity index (χ0v) is 16.3. The molecule has 0 bridgehead atoms. The summed E-state index contributed by atoms with van der Waals surface area (Å²) >= 11 is 6.01. The van der Waals surface area contributed by atoms with Crippen LogP contribution in [0.5, 0.6) is 0 Å². The Balaban J connectivity index is 1.80. The molecule has 1 aromatic heterocycles. The third-order valence-corrected chi connectivity index (χ3v) is 6.13. The van der Waals surface area contributed by atoms with Crippen LogP contribution in [0.2, 0.25) is 5.02 Å². The Morgan fingerprint density at radius 3 is 2.89 bits per heavy atom. The van der Waals surface area contributed by atoms with Crippen LogP contribution in [-0.4, -0.2) is 48.5 Å². The first-order chi connectivity index (χ1) is 12.8. The summed E-state index contributed by atoms with van der Waals surface area (Å²) in [5, 5.41) is 0.215. The molecule has 0 N–H and O–H groups in total. The Hall–Kier alpha value is -2.06. The van der Waals surface area contributed by atoms with Gasteiger partial charge < -0.3 is 4.90 Å². The van der Waals surface area contributed by atoms with E-state index in [2.05, 4.69) is 9.97 Å². The van der Waals surface area contributed by atoms with Gasteiger partial charge in [0.05, 0.1) is 12.1 Å². The first kappa shape index (κ1) is 19.7. The summed E-state index contributed by atoms with van der Waals surface area (Å²) in [5.41, 5.74) is 0.596. The van der Waals surface area contributed by atoms with E-state index in [0.29, 0.717) is 31.6 Å². The lowest BCUT2D eigenvalue weighted by Crippen LogP contribution is -2.40. The van der Waals surface area contributed by atoms with Crippen molar-refractivity contribution in [2.75, 3.05) is 19.3 Å². The number of benzene rings is 1. The maximum Gasteiger partial charge on any atom is 0.227 e. The van der Waals surface area contributed by atoms with Crippen LogP contribution in [0.3, 0.4) is 0 Å². The number of likely N-dealkylation sites (tertiary alicyclic amines) is 1. The highest BCUT2D eigenvalue weighted by atomic mass is 35.5. The second kappa shape index (κ2) is 7.90. The van der Waals surface area contributed by atoms with Crippen LogP contribution in [0.25, 0.3) is 0 Å². The maximum atomic E-state index is 14.0. The largest absolute Gasteiger partial charge is 0.342 e. The number of hydrogen-bond acceptors (Lipinski definition) is 5. The van der Waals surface area contributed by atoms with Crippen molar-refractivity contribution < 1.29 is 17.6 Å². The smallest absolute Gasteiger partial charge is 0.227 e.